The highest BCUT2D eigenvalue weighted by molar-refractivity contribution is 7.89. The van der Waals surface area contributed by atoms with Crippen molar-refractivity contribution >= 4 is 15.7 Å². The molecule has 0 aliphatic carbocycles. The molecule has 20 heavy (non-hydrogen) atoms. The van der Waals surface area contributed by atoms with Gasteiger partial charge in [-0.3, -0.25) is 4.40 Å². The molecule has 0 spiro atoms. The molecule has 0 fully saturated rings. The Bertz CT molecular complexity index is 666. The smallest absolute Gasteiger partial charge is 0.211 e. The summed E-state index contributed by atoms with van der Waals surface area (Å²) in [6.07, 6.45) is 3.25. The lowest BCUT2D eigenvalue weighted by Gasteiger charge is -2.10. The highest BCUT2D eigenvalue weighted by Gasteiger charge is 2.14. The summed E-state index contributed by atoms with van der Waals surface area (Å²) in [6, 6.07) is 5.65. The van der Waals surface area contributed by atoms with Gasteiger partial charge in [-0.15, -0.1) is 10.2 Å². The molecule has 0 unspecified atom stereocenters. The van der Waals surface area contributed by atoms with Crippen molar-refractivity contribution in [2.75, 3.05) is 12.3 Å². The Balaban J connectivity index is 1.93. The van der Waals surface area contributed by atoms with Crippen LogP contribution >= 0.6 is 0 Å². The number of aromatic nitrogens is 3. The van der Waals surface area contributed by atoms with Gasteiger partial charge in [-0.05, 0) is 18.1 Å². The van der Waals surface area contributed by atoms with Crippen molar-refractivity contribution in [3.8, 4) is 0 Å². The van der Waals surface area contributed by atoms with Crippen molar-refractivity contribution in [3.05, 3.63) is 30.2 Å². The Kier molecular flexibility index (Phi) is 4.72. The van der Waals surface area contributed by atoms with Crippen LogP contribution in [-0.4, -0.2) is 35.3 Å². The summed E-state index contributed by atoms with van der Waals surface area (Å²) in [5, 5.41) is 8.10. The molecular formula is C13H20N4O2S. The topological polar surface area (TPSA) is 76.4 Å². The third-order valence-electron chi connectivity index (χ3n) is 3.26. The number of rotatable bonds is 7. The maximum Gasteiger partial charge on any atom is 0.211 e. The number of hydrogen-bond acceptors (Lipinski definition) is 4. The van der Waals surface area contributed by atoms with E-state index >= 15 is 0 Å². The van der Waals surface area contributed by atoms with E-state index in [-0.39, 0.29) is 11.7 Å². The molecule has 2 aromatic rings. The van der Waals surface area contributed by atoms with E-state index in [9.17, 15) is 8.42 Å². The van der Waals surface area contributed by atoms with Crippen LogP contribution in [-0.2, 0) is 16.4 Å². The molecule has 0 aromatic carbocycles. The standard InChI is InChI=1S/C13H20N4O2S/c1-3-11(2)10-20(18,19)14-8-7-13-16-15-12-6-4-5-9-17(12)13/h4-6,9,11,14H,3,7-8,10H2,1-2H3/t11-/m0/s1. The van der Waals surface area contributed by atoms with Gasteiger partial charge in [0, 0.05) is 19.2 Å². The zero-order valence-electron chi connectivity index (χ0n) is 11.8. The first-order valence-electron chi connectivity index (χ1n) is 6.78. The van der Waals surface area contributed by atoms with Gasteiger partial charge in [0.15, 0.2) is 5.65 Å². The molecular weight excluding hydrogens is 276 g/mol. The summed E-state index contributed by atoms with van der Waals surface area (Å²) in [7, 11) is -3.21. The summed E-state index contributed by atoms with van der Waals surface area (Å²) in [4.78, 5) is 0. The van der Waals surface area contributed by atoms with Crippen LogP contribution in [0.4, 0.5) is 0 Å². The Labute approximate surface area is 119 Å². The quantitative estimate of drug-likeness (QED) is 0.834. The second-order valence-corrected chi connectivity index (χ2v) is 6.84. The first kappa shape index (κ1) is 14.9. The number of nitrogens with zero attached hydrogens (tertiary/aromatic N) is 3. The molecule has 0 bridgehead atoms. The molecule has 110 valence electrons. The van der Waals surface area contributed by atoms with Crippen molar-refractivity contribution in [1.82, 2.24) is 19.3 Å². The predicted molar refractivity (Wildman–Crippen MR) is 77.9 cm³/mol. The minimum absolute atomic E-state index is 0.168. The SMILES string of the molecule is CC[C@H](C)CS(=O)(=O)NCCc1nnc2ccccn12. The van der Waals surface area contributed by atoms with Gasteiger partial charge in [0.2, 0.25) is 10.0 Å². The minimum Gasteiger partial charge on any atom is -0.286 e. The van der Waals surface area contributed by atoms with Crippen LogP contribution in [0.5, 0.6) is 0 Å². The van der Waals surface area contributed by atoms with E-state index in [0.717, 1.165) is 17.9 Å². The second-order valence-electron chi connectivity index (χ2n) is 4.98. The van der Waals surface area contributed by atoms with Crippen LogP contribution in [0.25, 0.3) is 5.65 Å². The molecule has 0 aliphatic heterocycles. The van der Waals surface area contributed by atoms with E-state index in [0.29, 0.717) is 13.0 Å². The summed E-state index contributed by atoms with van der Waals surface area (Å²) >= 11 is 0. The minimum atomic E-state index is -3.21. The lowest BCUT2D eigenvalue weighted by Crippen LogP contribution is -2.31. The maximum atomic E-state index is 11.8. The molecule has 1 atom stereocenters. The Morgan fingerprint density at radius 1 is 1.35 bits per heavy atom. The van der Waals surface area contributed by atoms with Crippen LogP contribution in [0.2, 0.25) is 0 Å². The molecule has 2 rings (SSSR count). The van der Waals surface area contributed by atoms with E-state index in [2.05, 4.69) is 14.9 Å². The Hall–Kier alpha value is -1.47. The van der Waals surface area contributed by atoms with E-state index < -0.39 is 10.0 Å². The van der Waals surface area contributed by atoms with Gasteiger partial charge >= 0.3 is 0 Å². The maximum absolute atomic E-state index is 11.8. The number of pyridine rings is 1. The predicted octanol–water partition coefficient (Wildman–Crippen LogP) is 1.24. The molecule has 2 heterocycles. The number of sulfonamides is 1. The monoisotopic (exact) mass is 296 g/mol. The third kappa shape index (κ3) is 3.77. The van der Waals surface area contributed by atoms with Gasteiger partial charge in [-0.2, -0.15) is 0 Å². The van der Waals surface area contributed by atoms with Crippen molar-refractivity contribution < 1.29 is 8.42 Å². The largest absolute Gasteiger partial charge is 0.286 e. The summed E-state index contributed by atoms with van der Waals surface area (Å²) in [5.74, 6) is 1.10. The average Bonchev–Trinajstić information content (AvgIpc) is 2.81. The third-order valence-corrected chi connectivity index (χ3v) is 4.91. The molecule has 0 amide bonds. The van der Waals surface area contributed by atoms with Gasteiger partial charge in [-0.1, -0.05) is 26.3 Å². The normalized spacial score (nSPS) is 13.7. The molecule has 0 radical (unpaired) electrons. The second kappa shape index (κ2) is 6.32. The molecule has 6 nitrogen and oxygen atoms in total. The van der Waals surface area contributed by atoms with Gasteiger partial charge in [0.05, 0.1) is 5.75 Å². The van der Waals surface area contributed by atoms with Crippen LogP contribution in [0.1, 0.15) is 26.1 Å². The van der Waals surface area contributed by atoms with Crippen LogP contribution in [0.15, 0.2) is 24.4 Å². The first-order valence-corrected chi connectivity index (χ1v) is 8.43. The molecule has 0 aliphatic rings. The highest BCUT2D eigenvalue weighted by Crippen LogP contribution is 2.05. The van der Waals surface area contributed by atoms with E-state index in [1.807, 2.05) is 42.6 Å². The molecule has 0 saturated carbocycles. The summed E-state index contributed by atoms with van der Waals surface area (Å²) in [5.41, 5.74) is 0.768. The Morgan fingerprint density at radius 2 is 2.15 bits per heavy atom. The number of hydrogen-bond donors (Lipinski definition) is 1. The van der Waals surface area contributed by atoms with Crippen LogP contribution < -0.4 is 4.72 Å². The van der Waals surface area contributed by atoms with E-state index in [1.165, 1.54) is 0 Å². The molecule has 1 N–H and O–H groups in total. The fraction of sp³-hybridized carbons (Fsp3) is 0.538. The van der Waals surface area contributed by atoms with Gasteiger partial charge in [0.25, 0.3) is 0 Å². The van der Waals surface area contributed by atoms with Gasteiger partial charge in [0.1, 0.15) is 5.82 Å². The zero-order valence-corrected chi connectivity index (χ0v) is 12.6. The number of nitrogens with one attached hydrogen (secondary N) is 1. The number of fused-ring (bicyclic) bond motifs is 1. The summed E-state index contributed by atoms with van der Waals surface area (Å²) < 4.78 is 28.2. The van der Waals surface area contributed by atoms with E-state index in [4.69, 9.17) is 0 Å². The van der Waals surface area contributed by atoms with Gasteiger partial charge < -0.3 is 0 Å². The molecule has 7 heteroatoms. The van der Waals surface area contributed by atoms with Crippen molar-refractivity contribution in [1.29, 1.82) is 0 Å². The average molecular weight is 296 g/mol. The molecule has 2 aromatic heterocycles. The van der Waals surface area contributed by atoms with Crippen molar-refractivity contribution in [2.24, 2.45) is 5.92 Å². The van der Waals surface area contributed by atoms with Crippen molar-refractivity contribution in [2.45, 2.75) is 26.7 Å². The lowest BCUT2D eigenvalue weighted by molar-refractivity contribution is 0.552. The fourth-order valence-corrected chi connectivity index (χ4v) is 3.45. The summed E-state index contributed by atoms with van der Waals surface area (Å²) in [6.45, 7) is 4.27. The first-order chi connectivity index (χ1) is 9.52. The zero-order chi connectivity index (χ0) is 14.6. The highest BCUT2D eigenvalue weighted by atomic mass is 32.2. The van der Waals surface area contributed by atoms with Gasteiger partial charge in [-0.25, -0.2) is 13.1 Å². The van der Waals surface area contributed by atoms with Crippen LogP contribution in [0.3, 0.4) is 0 Å². The molecule has 0 saturated heterocycles. The van der Waals surface area contributed by atoms with E-state index in [1.54, 1.807) is 0 Å². The van der Waals surface area contributed by atoms with Crippen molar-refractivity contribution in [3.63, 3.8) is 0 Å². The fourth-order valence-electron chi connectivity index (χ4n) is 1.93. The lowest BCUT2D eigenvalue weighted by atomic mass is 10.2. The van der Waals surface area contributed by atoms with Crippen LogP contribution in [0, 0.1) is 5.92 Å². The Morgan fingerprint density at radius 3 is 2.90 bits per heavy atom.